The fourth-order valence-corrected chi connectivity index (χ4v) is 4.95. The van der Waals surface area contributed by atoms with Crippen molar-refractivity contribution < 1.29 is 24.2 Å². The van der Waals surface area contributed by atoms with Gasteiger partial charge in [0.05, 0.1) is 20.3 Å². The molecule has 156 valence electrons. The van der Waals surface area contributed by atoms with Crippen LogP contribution >= 0.6 is 11.3 Å². The van der Waals surface area contributed by atoms with Gasteiger partial charge in [0.2, 0.25) is 5.01 Å². The van der Waals surface area contributed by atoms with Crippen molar-refractivity contribution in [3.63, 3.8) is 0 Å². The summed E-state index contributed by atoms with van der Waals surface area (Å²) in [6.45, 7) is 2.10. The van der Waals surface area contributed by atoms with Crippen molar-refractivity contribution in [2.45, 2.75) is 0 Å². The van der Waals surface area contributed by atoms with Crippen LogP contribution in [0.5, 0.6) is 5.75 Å². The van der Waals surface area contributed by atoms with Gasteiger partial charge in [-0.25, -0.2) is 15.6 Å². The Bertz CT molecular complexity index is 1120. The molecule has 4 N–H and O–H groups in total. The number of thiazole rings is 1. The molecule has 30 heavy (non-hydrogen) atoms. The Kier molecular flexibility index (Phi) is 5.39. The van der Waals surface area contributed by atoms with Gasteiger partial charge in [-0.3, -0.25) is 14.7 Å². The summed E-state index contributed by atoms with van der Waals surface area (Å²) in [6, 6.07) is 11.0. The molecule has 0 bridgehead atoms. The van der Waals surface area contributed by atoms with Crippen LogP contribution in [0.4, 0.5) is 11.4 Å². The van der Waals surface area contributed by atoms with Crippen LogP contribution in [0.15, 0.2) is 36.4 Å². The minimum absolute atomic E-state index is 0.0184. The number of fused-ring (bicyclic) bond motifs is 1. The number of methoxy groups -OCH3 is 1. The molecule has 1 aliphatic rings. The predicted octanol–water partition coefficient (Wildman–Crippen LogP) is 2.28. The third-order valence-corrected chi connectivity index (χ3v) is 6.39. The van der Waals surface area contributed by atoms with Crippen molar-refractivity contribution in [2.24, 2.45) is 5.84 Å². The standard InChI is InChI=1S/C20H20N4O5S/c1-28-15-7-6-14(17-16(15)22-19(30-17)20(26)27)24(8-10-29-11-9-24)13-5-3-2-4-12(13)18(25)23-21/h2-7H,8-11,21H2,1H3,(H-,23,25,26,27)/p+1. The summed E-state index contributed by atoms with van der Waals surface area (Å²) < 4.78 is 12.1. The van der Waals surface area contributed by atoms with E-state index in [0.29, 0.717) is 52.3 Å². The Hall–Kier alpha value is -3.05. The van der Waals surface area contributed by atoms with E-state index in [1.165, 1.54) is 7.11 Å². The first kappa shape index (κ1) is 20.2. The summed E-state index contributed by atoms with van der Waals surface area (Å²) in [6.07, 6.45) is 0. The molecule has 2 heterocycles. The van der Waals surface area contributed by atoms with Crippen LogP contribution in [0.3, 0.4) is 0 Å². The topological polar surface area (TPSA) is 124 Å². The average Bonchev–Trinajstić information content (AvgIpc) is 3.24. The zero-order chi connectivity index (χ0) is 21.3. The molecule has 1 saturated heterocycles. The number of carboxylic acids is 1. The number of nitrogens with one attached hydrogen (secondary N) is 1. The molecular weight excluding hydrogens is 408 g/mol. The normalized spacial score (nSPS) is 15.7. The summed E-state index contributed by atoms with van der Waals surface area (Å²) in [4.78, 5) is 28.4. The van der Waals surface area contributed by atoms with Crippen molar-refractivity contribution in [2.75, 3.05) is 33.4 Å². The second kappa shape index (κ2) is 8.00. The number of ether oxygens (including phenoxy) is 2. The number of hydrogen-bond acceptors (Lipinski definition) is 7. The molecule has 0 saturated carbocycles. The second-order valence-electron chi connectivity index (χ2n) is 6.81. The van der Waals surface area contributed by atoms with E-state index in [-0.39, 0.29) is 5.01 Å². The number of aromatic nitrogens is 1. The fourth-order valence-electron chi connectivity index (χ4n) is 3.95. The highest BCUT2D eigenvalue weighted by atomic mass is 32.1. The number of nitrogens with zero attached hydrogens (tertiary/aromatic N) is 2. The number of carbonyl (C=O) groups excluding carboxylic acids is 1. The van der Waals surface area contributed by atoms with Crippen molar-refractivity contribution >= 4 is 44.8 Å². The van der Waals surface area contributed by atoms with E-state index in [9.17, 15) is 14.7 Å². The van der Waals surface area contributed by atoms with Crippen LogP contribution in [0, 0.1) is 0 Å². The number of nitrogens with two attached hydrogens (primary N) is 1. The predicted molar refractivity (Wildman–Crippen MR) is 113 cm³/mol. The van der Waals surface area contributed by atoms with Gasteiger partial charge in [0.25, 0.3) is 5.91 Å². The van der Waals surface area contributed by atoms with Crippen molar-refractivity contribution in [1.29, 1.82) is 0 Å². The monoisotopic (exact) mass is 429 g/mol. The number of amides is 1. The van der Waals surface area contributed by atoms with E-state index in [4.69, 9.17) is 15.3 Å². The first-order valence-corrected chi connectivity index (χ1v) is 10.1. The SMILES string of the molecule is COc1ccc([N+]2(c3ccccc3C(=O)NN)CCOCC2)c2sc(C(=O)O)nc12. The minimum atomic E-state index is -1.10. The van der Waals surface area contributed by atoms with Gasteiger partial charge in [-0.15, -0.1) is 11.3 Å². The zero-order valence-corrected chi connectivity index (χ0v) is 17.1. The van der Waals surface area contributed by atoms with E-state index < -0.39 is 11.9 Å². The Morgan fingerprint density at radius 1 is 1.20 bits per heavy atom. The molecule has 4 rings (SSSR count). The Morgan fingerprint density at radius 3 is 2.60 bits per heavy atom. The summed E-state index contributed by atoms with van der Waals surface area (Å²) in [5.74, 6) is 4.44. The third-order valence-electron chi connectivity index (χ3n) is 5.33. The van der Waals surface area contributed by atoms with Crippen LogP contribution in [0.25, 0.3) is 10.2 Å². The van der Waals surface area contributed by atoms with Crippen LogP contribution < -0.4 is 20.5 Å². The van der Waals surface area contributed by atoms with Gasteiger partial charge in [-0.2, -0.15) is 0 Å². The average molecular weight is 429 g/mol. The highest BCUT2D eigenvalue weighted by Gasteiger charge is 2.41. The number of benzene rings is 2. The lowest BCUT2D eigenvalue weighted by atomic mass is 10.1. The van der Waals surface area contributed by atoms with E-state index >= 15 is 0 Å². The second-order valence-corrected chi connectivity index (χ2v) is 7.81. The third kappa shape index (κ3) is 3.19. The van der Waals surface area contributed by atoms with Crippen LogP contribution in [0.1, 0.15) is 20.2 Å². The molecule has 10 heteroatoms. The van der Waals surface area contributed by atoms with Crippen LogP contribution in [0.2, 0.25) is 0 Å². The highest BCUT2D eigenvalue weighted by molar-refractivity contribution is 7.20. The first-order chi connectivity index (χ1) is 14.5. The van der Waals surface area contributed by atoms with E-state index in [1.54, 1.807) is 18.2 Å². The Morgan fingerprint density at radius 2 is 1.93 bits per heavy atom. The van der Waals surface area contributed by atoms with Crippen molar-refractivity contribution in [3.8, 4) is 5.75 Å². The molecule has 0 aliphatic carbocycles. The number of nitrogen functional groups attached to an aromatic ring is 1. The number of carbonyl (C=O) groups is 2. The molecule has 3 aromatic rings. The number of hydrogen-bond donors (Lipinski definition) is 3. The van der Waals surface area contributed by atoms with Gasteiger partial charge in [0.1, 0.15) is 34.6 Å². The van der Waals surface area contributed by atoms with Crippen LogP contribution in [-0.4, -0.2) is 55.4 Å². The van der Waals surface area contributed by atoms with E-state index in [2.05, 4.69) is 10.4 Å². The zero-order valence-electron chi connectivity index (χ0n) is 16.3. The molecular formula is C20H21N4O5S+. The lowest BCUT2D eigenvalue weighted by Gasteiger charge is -2.41. The molecule has 0 unspecified atom stereocenters. The first-order valence-electron chi connectivity index (χ1n) is 9.28. The smallest absolute Gasteiger partial charge is 0.365 e. The Labute approximate surface area is 176 Å². The summed E-state index contributed by atoms with van der Waals surface area (Å²) in [5, 5.41) is 9.48. The lowest BCUT2D eigenvalue weighted by Crippen LogP contribution is -2.53. The molecule has 1 amide bonds. The fraction of sp³-hybridized carbons (Fsp3) is 0.250. The largest absolute Gasteiger partial charge is 0.494 e. The van der Waals surface area contributed by atoms with Gasteiger partial charge < -0.3 is 14.6 Å². The van der Waals surface area contributed by atoms with Gasteiger partial charge in [0.15, 0.2) is 11.4 Å². The molecule has 9 nitrogen and oxygen atoms in total. The summed E-state index contributed by atoms with van der Waals surface area (Å²) >= 11 is 1.10. The Balaban J connectivity index is 2.03. The maximum Gasteiger partial charge on any atom is 0.365 e. The van der Waals surface area contributed by atoms with Crippen molar-refractivity contribution in [1.82, 2.24) is 14.9 Å². The van der Waals surface area contributed by atoms with E-state index in [1.807, 2.05) is 18.2 Å². The molecule has 0 atom stereocenters. The van der Waals surface area contributed by atoms with Crippen molar-refractivity contribution in [3.05, 3.63) is 47.0 Å². The van der Waals surface area contributed by atoms with Gasteiger partial charge in [-0.1, -0.05) is 12.1 Å². The maximum atomic E-state index is 12.5. The molecule has 1 aliphatic heterocycles. The van der Waals surface area contributed by atoms with Crippen LogP contribution in [-0.2, 0) is 4.74 Å². The number of morpholine rings is 1. The van der Waals surface area contributed by atoms with E-state index in [0.717, 1.165) is 22.7 Å². The minimum Gasteiger partial charge on any atom is -0.494 e. The number of aromatic carboxylic acids is 1. The molecule has 2 aromatic carbocycles. The quantitative estimate of drug-likeness (QED) is 0.246. The number of para-hydroxylation sites is 1. The number of hydrazine groups is 1. The molecule has 0 radical (unpaired) electrons. The summed E-state index contributed by atoms with van der Waals surface area (Å²) in [5.41, 5.74) is 4.77. The number of carboxylic acid groups (broad SMARTS) is 1. The highest BCUT2D eigenvalue weighted by Crippen LogP contribution is 2.46. The molecule has 0 spiro atoms. The summed E-state index contributed by atoms with van der Waals surface area (Å²) in [7, 11) is 1.52. The number of quaternary nitrogens is 1. The van der Waals surface area contributed by atoms with Gasteiger partial charge >= 0.3 is 5.97 Å². The number of rotatable bonds is 5. The molecule has 1 aromatic heterocycles. The lowest BCUT2D eigenvalue weighted by molar-refractivity contribution is 0.0639. The molecule has 1 fully saturated rings. The van der Waals surface area contributed by atoms with Gasteiger partial charge in [-0.05, 0) is 12.1 Å². The van der Waals surface area contributed by atoms with Gasteiger partial charge in [0, 0.05) is 12.1 Å². The maximum absolute atomic E-state index is 12.5.